The van der Waals surface area contributed by atoms with Gasteiger partial charge in [0.25, 0.3) is 0 Å². The van der Waals surface area contributed by atoms with Gasteiger partial charge >= 0.3 is 0 Å². The second-order valence-electron chi connectivity index (χ2n) is 6.92. The third-order valence-electron chi connectivity index (χ3n) is 4.23. The lowest BCUT2D eigenvalue weighted by Crippen LogP contribution is -3.00. The normalized spacial score (nSPS) is 11.4. The molecule has 0 aliphatic carbocycles. The molecule has 0 aromatic carbocycles. The van der Waals surface area contributed by atoms with Gasteiger partial charge in [0, 0.05) is 0 Å². The van der Waals surface area contributed by atoms with Crippen LogP contribution in [0.2, 0.25) is 0 Å². The summed E-state index contributed by atoms with van der Waals surface area (Å²) in [5.74, 6) is 0. The minimum atomic E-state index is 0. The van der Waals surface area contributed by atoms with Crippen LogP contribution >= 0.6 is 0 Å². The maximum atomic E-state index is 2.41. The van der Waals surface area contributed by atoms with Crippen molar-refractivity contribution in [3.63, 3.8) is 0 Å². The summed E-state index contributed by atoms with van der Waals surface area (Å²) in [6.45, 7) is 7.34. The Morgan fingerprint density at radius 3 is 1.15 bits per heavy atom. The SMILES string of the molecule is CCCCCCCC[N+](C)(C)CCCCCCCC.[Cl-]. The van der Waals surface area contributed by atoms with Crippen LogP contribution in [0, 0.1) is 0 Å². The minimum absolute atomic E-state index is 0. The second kappa shape index (κ2) is 15.6. The first-order chi connectivity index (χ1) is 9.12. The Morgan fingerprint density at radius 1 is 0.500 bits per heavy atom. The van der Waals surface area contributed by atoms with Gasteiger partial charge in [-0.1, -0.05) is 65.2 Å². The topological polar surface area (TPSA) is 0 Å². The van der Waals surface area contributed by atoms with E-state index in [-0.39, 0.29) is 12.4 Å². The van der Waals surface area contributed by atoms with E-state index >= 15 is 0 Å². The van der Waals surface area contributed by atoms with Gasteiger partial charge in [0.05, 0.1) is 27.2 Å². The van der Waals surface area contributed by atoms with Crippen LogP contribution < -0.4 is 12.4 Å². The van der Waals surface area contributed by atoms with Crippen LogP contribution in [0.1, 0.15) is 90.9 Å². The molecular formula is C18H40ClN. The standard InChI is InChI=1S/C18H40N.ClH/c1-5-7-9-11-13-15-17-19(3,4)18-16-14-12-10-8-6-2;/h5-18H2,1-4H3;1H/q+1;/p-1. The smallest absolute Gasteiger partial charge is 0.0782 e. The zero-order valence-corrected chi connectivity index (χ0v) is 15.5. The van der Waals surface area contributed by atoms with Crippen LogP contribution in [0.15, 0.2) is 0 Å². The van der Waals surface area contributed by atoms with Gasteiger partial charge in [0.2, 0.25) is 0 Å². The molecule has 0 atom stereocenters. The molecule has 0 heterocycles. The van der Waals surface area contributed by atoms with Crippen molar-refractivity contribution in [2.24, 2.45) is 0 Å². The van der Waals surface area contributed by atoms with Gasteiger partial charge in [-0.05, 0) is 25.7 Å². The van der Waals surface area contributed by atoms with E-state index in [2.05, 4.69) is 27.9 Å². The predicted octanol–water partition coefficient (Wildman–Crippen LogP) is 2.79. The Bertz CT molecular complexity index is 162. The first-order valence-corrected chi connectivity index (χ1v) is 8.94. The molecule has 0 rings (SSSR count). The molecule has 0 amide bonds. The van der Waals surface area contributed by atoms with Crippen LogP contribution in [-0.4, -0.2) is 31.7 Å². The van der Waals surface area contributed by atoms with E-state index in [9.17, 15) is 0 Å². The van der Waals surface area contributed by atoms with Gasteiger partial charge in [-0.25, -0.2) is 0 Å². The summed E-state index contributed by atoms with van der Waals surface area (Å²) < 4.78 is 1.24. The van der Waals surface area contributed by atoms with Crippen LogP contribution in [0.4, 0.5) is 0 Å². The first kappa shape index (κ1) is 22.5. The molecule has 20 heavy (non-hydrogen) atoms. The lowest BCUT2D eigenvalue weighted by Gasteiger charge is -2.30. The highest BCUT2D eigenvalue weighted by Crippen LogP contribution is 2.11. The lowest BCUT2D eigenvalue weighted by molar-refractivity contribution is -0.890. The summed E-state index contributed by atoms with van der Waals surface area (Å²) in [6, 6.07) is 0. The number of halogens is 1. The molecule has 0 bridgehead atoms. The summed E-state index contributed by atoms with van der Waals surface area (Å²) in [7, 11) is 4.83. The number of hydrogen-bond donors (Lipinski definition) is 0. The van der Waals surface area contributed by atoms with Crippen LogP contribution in [-0.2, 0) is 0 Å². The zero-order valence-electron chi connectivity index (χ0n) is 14.7. The Labute approximate surface area is 135 Å². The summed E-state index contributed by atoms with van der Waals surface area (Å²) in [5.41, 5.74) is 0. The van der Waals surface area contributed by atoms with Crippen molar-refractivity contribution in [1.29, 1.82) is 0 Å². The zero-order chi connectivity index (χ0) is 14.4. The molecule has 0 saturated carbocycles. The monoisotopic (exact) mass is 305 g/mol. The molecule has 0 aromatic heterocycles. The number of rotatable bonds is 14. The average molecular weight is 306 g/mol. The third kappa shape index (κ3) is 16.3. The maximum Gasteiger partial charge on any atom is 0.0782 e. The highest BCUT2D eigenvalue weighted by Gasteiger charge is 2.13. The van der Waals surface area contributed by atoms with Crippen LogP contribution in [0.25, 0.3) is 0 Å². The summed E-state index contributed by atoms with van der Waals surface area (Å²) >= 11 is 0. The van der Waals surface area contributed by atoms with Crippen molar-refractivity contribution in [2.45, 2.75) is 90.9 Å². The van der Waals surface area contributed by atoms with E-state index in [1.807, 2.05) is 0 Å². The molecule has 0 aliphatic heterocycles. The quantitative estimate of drug-likeness (QED) is 0.342. The highest BCUT2D eigenvalue weighted by molar-refractivity contribution is 4.46. The number of nitrogens with zero attached hydrogens (tertiary/aromatic N) is 1. The molecule has 0 unspecified atom stereocenters. The third-order valence-corrected chi connectivity index (χ3v) is 4.23. The Balaban J connectivity index is 0. The molecule has 2 heteroatoms. The Morgan fingerprint density at radius 2 is 0.800 bits per heavy atom. The summed E-state index contributed by atoms with van der Waals surface area (Å²) in [6.07, 6.45) is 17.1. The molecule has 1 nitrogen and oxygen atoms in total. The molecule has 0 aromatic rings. The predicted molar refractivity (Wildman–Crippen MR) is 88.6 cm³/mol. The van der Waals surface area contributed by atoms with Crippen molar-refractivity contribution in [2.75, 3.05) is 27.2 Å². The van der Waals surface area contributed by atoms with Gasteiger partial charge in [-0.15, -0.1) is 0 Å². The number of unbranched alkanes of at least 4 members (excludes halogenated alkanes) is 10. The summed E-state index contributed by atoms with van der Waals surface area (Å²) in [4.78, 5) is 0. The van der Waals surface area contributed by atoms with Crippen LogP contribution in [0.3, 0.4) is 0 Å². The van der Waals surface area contributed by atoms with Gasteiger partial charge in [0.15, 0.2) is 0 Å². The van der Waals surface area contributed by atoms with E-state index in [1.165, 1.54) is 94.6 Å². The average Bonchev–Trinajstić information content (AvgIpc) is 2.38. The molecule has 0 saturated heterocycles. The van der Waals surface area contributed by atoms with Gasteiger partial charge in [-0.3, -0.25) is 0 Å². The largest absolute Gasteiger partial charge is 1.00 e. The minimum Gasteiger partial charge on any atom is -1.00 e. The van der Waals surface area contributed by atoms with Crippen molar-refractivity contribution >= 4 is 0 Å². The van der Waals surface area contributed by atoms with E-state index in [4.69, 9.17) is 0 Å². The van der Waals surface area contributed by atoms with Crippen molar-refractivity contribution < 1.29 is 16.9 Å². The van der Waals surface area contributed by atoms with E-state index < -0.39 is 0 Å². The fourth-order valence-electron chi connectivity index (χ4n) is 2.75. The van der Waals surface area contributed by atoms with Gasteiger partial charge < -0.3 is 16.9 Å². The van der Waals surface area contributed by atoms with Crippen molar-refractivity contribution in [1.82, 2.24) is 0 Å². The number of quaternary nitrogens is 1. The van der Waals surface area contributed by atoms with Gasteiger partial charge in [-0.2, -0.15) is 0 Å². The lowest BCUT2D eigenvalue weighted by atomic mass is 10.1. The molecule has 0 spiro atoms. The molecule has 0 aliphatic rings. The highest BCUT2D eigenvalue weighted by atomic mass is 35.5. The van der Waals surface area contributed by atoms with E-state index in [0.29, 0.717) is 0 Å². The maximum absolute atomic E-state index is 2.41. The first-order valence-electron chi connectivity index (χ1n) is 8.94. The second-order valence-corrected chi connectivity index (χ2v) is 6.92. The molecule has 124 valence electrons. The van der Waals surface area contributed by atoms with Crippen LogP contribution in [0.5, 0.6) is 0 Å². The fourth-order valence-corrected chi connectivity index (χ4v) is 2.75. The molecule has 0 N–H and O–H groups in total. The van der Waals surface area contributed by atoms with Crippen molar-refractivity contribution in [3.05, 3.63) is 0 Å². The fraction of sp³-hybridized carbons (Fsp3) is 1.00. The Hall–Kier alpha value is 0.250. The molecule has 0 radical (unpaired) electrons. The molecular weight excluding hydrogens is 266 g/mol. The van der Waals surface area contributed by atoms with E-state index in [0.717, 1.165) is 0 Å². The van der Waals surface area contributed by atoms with Crippen molar-refractivity contribution in [3.8, 4) is 0 Å². The number of hydrogen-bond acceptors (Lipinski definition) is 0. The molecule has 0 fully saturated rings. The van der Waals surface area contributed by atoms with E-state index in [1.54, 1.807) is 0 Å². The van der Waals surface area contributed by atoms with Gasteiger partial charge in [0.1, 0.15) is 0 Å². The Kier molecular flexibility index (Phi) is 17.6. The summed E-state index contributed by atoms with van der Waals surface area (Å²) in [5, 5.41) is 0.